The van der Waals surface area contributed by atoms with Gasteiger partial charge in [-0.3, -0.25) is 14.8 Å². The molecule has 3 aromatic rings. The van der Waals surface area contributed by atoms with Gasteiger partial charge in [0.25, 0.3) is 5.91 Å². The van der Waals surface area contributed by atoms with Crippen LogP contribution in [0.3, 0.4) is 0 Å². The number of nitrogens with zero attached hydrogens (tertiary/aromatic N) is 3. The Morgan fingerprint density at radius 3 is 2.63 bits per heavy atom. The van der Waals surface area contributed by atoms with Crippen molar-refractivity contribution < 1.29 is 13.9 Å². The average Bonchev–Trinajstić information content (AvgIpc) is 3.40. The Hall–Kier alpha value is -3.06. The van der Waals surface area contributed by atoms with Gasteiger partial charge in [0.1, 0.15) is 17.2 Å². The lowest BCUT2D eigenvalue weighted by Gasteiger charge is -2.33. The number of piperazine rings is 1. The Morgan fingerprint density at radius 1 is 1.19 bits per heavy atom. The van der Waals surface area contributed by atoms with Gasteiger partial charge in [0, 0.05) is 31.7 Å². The molecule has 1 N–H and O–H groups in total. The number of nitrogens with one attached hydrogen (secondary N) is 1. The number of rotatable bonds is 5. The lowest BCUT2D eigenvalue weighted by atomic mass is 10.1. The third-order valence-electron chi connectivity index (χ3n) is 4.81. The van der Waals surface area contributed by atoms with Crippen molar-refractivity contribution in [2.24, 2.45) is 0 Å². The van der Waals surface area contributed by atoms with Crippen molar-refractivity contribution in [3.05, 3.63) is 60.2 Å². The van der Waals surface area contributed by atoms with Crippen LogP contribution < -0.4 is 4.74 Å². The molecule has 0 radical (unpaired) electrons. The van der Waals surface area contributed by atoms with Gasteiger partial charge in [-0.1, -0.05) is 0 Å². The topological polar surface area (TPSA) is 74.6 Å². The third-order valence-corrected chi connectivity index (χ3v) is 4.81. The van der Waals surface area contributed by atoms with Crippen LogP contribution in [0.1, 0.15) is 16.2 Å². The van der Waals surface area contributed by atoms with Gasteiger partial charge in [0.15, 0.2) is 0 Å². The molecule has 0 spiro atoms. The summed E-state index contributed by atoms with van der Waals surface area (Å²) in [6, 6.07) is 13.3. The second-order valence-electron chi connectivity index (χ2n) is 6.54. The highest BCUT2D eigenvalue weighted by molar-refractivity contribution is 5.93. The first-order chi connectivity index (χ1) is 13.2. The number of H-pyrrole nitrogens is 1. The summed E-state index contributed by atoms with van der Waals surface area (Å²) in [7, 11) is 1.63. The Labute approximate surface area is 157 Å². The number of aromatic amines is 1. The van der Waals surface area contributed by atoms with E-state index in [0.29, 0.717) is 18.8 Å². The molecule has 27 heavy (non-hydrogen) atoms. The number of carbonyl (C=O) groups excluding carboxylic acids is 1. The highest BCUT2D eigenvalue weighted by Gasteiger charge is 2.24. The summed E-state index contributed by atoms with van der Waals surface area (Å²) in [5.74, 6) is 1.73. The highest BCUT2D eigenvalue weighted by atomic mass is 16.5. The van der Waals surface area contributed by atoms with E-state index >= 15 is 0 Å². The van der Waals surface area contributed by atoms with E-state index in [-0.39, 0.29) is 5.91 Å². The van der Waals surface area contributed by atoms with Crippen LogP contribution in [0.25, 0.3) is 11.3 Å². The van der Waals surface area contributed by atoms with Gasteiger partial charge < -0.3 is 14.1 Å². The Balaban J connectivity index is 1.36. The van der Waals surface area contributed by atoms with Gasteiger partial charge in [0.2, 0.25) is 0 Å². The predicted molar refractivity (Wildman–Crippen MR) is 100 cm³/mol. The molecule has 7 nitrogen and oxygen atoms in total. The van der Waals surface area contributed by atoms with E-state index in [1.165, 1.54) is 0 Å². The molecular weight excluding hydrogens is 344 g/mol. The Bertz CT molecular complexity index is 878. The lowest BCUT2D eigenvalue weighted by Crippen LogP contribution is -2.48. The third kappa shape index (κ3) is 3.88. The van der Waals surface area contributed by atoms with E-state index in [4.69, 9.17) is 9.15 Å². The van der Waals surface area contributed by atoms with E-state index in [9.17, 15) is 4.79 Å². The fraction of sp³-hybridized carbons (Fsp3) is 0.300. The number of hydrogen-bond donors (Lipinski definition) is 1. The first-order valence-corrected chi connectivity index (χ1v) is 8.97. The molecule has 1 fully saturated rings. The minimum absolute atomic E-state index is 0.0140. The molecule has 7 heteroatoms. The average molecular weight is 366 g/mol. The summed E-state index contributed by atoms with van der Waals surface area (Å²) in [5, 5.41) is 7.16. The summed E-state index contributed by atoms with van der Waals surface area (Å²) in [5.41, 5.74) is 2.20. The first kappa shape index (κ1) is 17.4. The summed E-state index contributed by atoms with van der Waals surface area (Å²) < 4.78 is 10.6. The van der Waals surface area contributed by atoms with Crippen molar-refractivity contribution in [1.29, 1.82) is 0 Å². The number of benzene rings is 1. The molecule has 1 saturated heterocycles. The van der Waals surface area contributed by atoms with Crippen LogP contribution in [0.4, 0.5) is 0 Å². The summed E-state index contributed by atoms with van der Waals surface area (Å²) >= 11 is 0. The van der Waals surface area contributed by atoms with Gasteiger partial charge >= 0.3 is 0 Å². The van der Waals surface area contributed by atoms with Crippen LogP contribution >= 0.6 is 0 Å². The van der Waals surface area contributed by atoms with Crippen molar-refractivity contribution >= 4 is 5.91 Å². The number of ether oxygens (including phenoxy) is 1. The summed E-state index contributed by atoms with van der Waals surface area (Å²) in [6.07, 6.45) is 1.69. The van der Waals surface area contributed by atoms with Crippen LogP contribution in [0.2, 0.25) is 0 Å². The van der Waals surface area contributed by atoms with Crippen molar-refractivity contribution in [2.45, 2.75) is 6.54 Å². The molecule has 0 atom stereocenters. The zero-order chi connectivity index (χ0) is 18.6. The molecule has 1 aromatic carbocycles. The minimum Gasteiger partial charge on any atom is -0.497 e. The molecule has 0 bridgehead atoms. The molecule has 1 aliphatic heterocycles. The largest absolute Gasteiger partial charge is 0.497 e. The maximum absolute atomic E-state index is 12.8. The second kappa shape index (κ2) is 7.67. The van der Waals surface area contributed by atoms with E-state index in [2.05, 4.69) is 15.1 Å². The van der Waals surface area contributed by atoms with Crippen LogP contribution in [-0.2, 0) is 6.54 Å². The summed E-state index contributed by atoms with van der Waals surface area (Å²) in [4.78, 5) is 16.9. The zero-order valence-corrected chi connectivity index (χ0v) is 15.2. The molecule has 4 rings (SSSR count). The van der Waals surface area contributed by atoms with Gasteiger partial charge in [-0.05, 0) is 42.5 Å². The molecule has 0 saturated carbocycles. The van der Waals surface area contributed by atoms with Crippen LogP contribution in [0.15, 0.2) is 53.1 Å². The summed E-state index contributed by atoms with van der Waals surface area (Å²) in [6.45, 7) is 3.81. The molecular formula is C20H22N4O3. The maximum atomic E-state index is 12.8. The zero-order valence-electron chi connectivity index (χ0n) is 15.2. The van der Waals surface area contributed by atoms with Crippen LogP contribution in [0.5, 0.6) is 5.75 Å². The SMILES string of the molecule is COc1ccc(-c2cc(C(=O)N3CCN(Cc4ccco4)CC3)[nH]n2)cc1. The number of amides is 1. The molecule has 0 unspecified atom stereocenters. The minimum atomic E-state index is -0.0140. The standard InChI is InChI=1S/C20H22N4O3/c1-26-16-6-4-15(5-7-16)18-13-19(22-21-18)20(25)24-10-8-23(9-11-24)14-17-3-2-12-27-17/h2-7,12-13H,8-11,14H2,1H3,(H,21,22). The van der Waals surface area contributed by atoms with Gasteiger partial charge in [-0.2, -0.15) is 5.10 Å². The van der Waals surface area contributed by atoms with Gasteiger partial charge in [-0.15, -0.1) is 0 Å². The highest BCUT2D eigenvalue weighted by Crippen LogP contribution is 2.22. The lowest BCUT2D eigenvalue weighted by molar-refractivity contribution is 0.0614. The number of aromatic nitrogens is 2. The number of furan rings is 1. The number of hydrogen-bond acceptors (Lipinski definition) is 5. The fourth-order valence-corrected chi connectivity index (χ4v) is 3.24. The van der Waals surface area contributed by atoms with Gasteiger partial charge in [-0.25, -0.2) is 0 Å². The normalized spacial score (nSPS) is 15.1. The molecule has 0 aliphatic carbocycles. The monoisotopic (exact) mass is 366 g/mol. The quantitative estimate of drug-likeness (QED) is 0.751. The van der Waals surface area contributed by atoms with E-state index in [1.54, 1.807) is 19.4 Å². The van der Waals surface area contributed by atoms with E-state index in [0.717, 1.165) is 42.4 Å². The van der Waals surface area contributed by atoms with Crippen molar-refractivity contribution in [2.75, 3.05) is 33.3 Å². The molecule has 2 aromatic heterocycles. The van der Waals surface area contributed by atoms with Crippen molar-refractivity contribution in [3.63, 3.8) is 0 Å². The number of methoxy groups -OCH3 is 1. The predicted octanol–water partition coefficient (Wildman–Crippen LogP) is 2.64. The Kier molecular flexibility index (Phi) is 4.93. The fourth-order valence-electron chi connectivity index (χ4n) is 3.24. The van der Waals surface area contributed by atoms with E-state index in [1.807, 2.05) is 41.3 Å². The maximum Gasteiger partial charge on any atom is 0.271 e. The molecule has 3 heterocycles. The van der Waals surface area contributed by atoms with Crippen LogP contribution in [0, 0.1) is 0 Å². The smallest absolute Gasteiger partial charge is 0.271 e. The molecule has 140 valence electrons. The van der Waals surface area contributed by atoms with Gasteiger partial charge in [0.05, 0.1) is 25.6 Å². The van der Waals surface area contributed by atoms with E-state index < -0.39 is 0 Å². The molecule has 1 aliphatic rings. The second-order valence-corrected chi connectivity index (χ2v) is 6.54. The molecule has 1 amide bonds. The van der Waals surface area contributed by atoms with Crippen molar-refractivity contribution in [3.8, 4) is 17.0 Å². The number of carbonyl (C=O) groups is 1. The van der Waals surface area contributed by atoms with Crippen molar-refractivity contribution in [1.82, 2.24) is 20.0 Å². The first-order valence-electron chi connectivity index (χ1n) is 8.97. The van der Waals surface area contributed by atoms with Crippen LogP contribution in [-0.4, -0.2) is 59.2 Å². The Morgan fingerprint density at radius 2 is 1.96 bits per heavy atom.